The highest BCUT2D eigenvalue weighted by Gasteiger charge is 2.26. The third-order valence-electron chi connectivity index (χ3n) is 6.07. The molecule has 0 saturated carbocycles. The van der Waals surface area contributed by atoms with E-state index >= 15 is 0 Å². The summed E-state index contributed by atoms with van der Waals surface area (Å²) in [6.07, 6.45) is 4.66. The van der Waals surface area contributed by atoms with Gasteiger partial charge in [0.05, 0.1) is 48.6 Å². The van der Waals surface area contributed by atoms with Gasteiger partial charge < -0.3 is 24.3 Å². The van der Waals surface area contributed by atoms with Crippen molar-refractivity contribution in [2.45, 2.75) is 32.6 Å². The lowest BCUT2D eigenvalue weighted by atomic mass is 10.1. The quantitative estimate of drug-likeness (QED) is 0.319. The first-order valence-corrected chi connectivity index (χ1v) is 11.5. The lowest BCUT2D eigenvalue weighted by molar-refractivity contribution is 0.322. The van der Waals surface area contributed by atoms with Crippen LogP contribution in [0.2, 0.25) is 0 Å². The Morgan fingerprint density at radius 1 is 0.719 bits per heavy atom. The SMILES string of the molecule is CCCCCNCC[N+](C)(CCc1ccc(OC)c(OC)c1)c1ccc(OC)c(OC)c1. The summed E-state index contributed by atoms with van der Waals surface area (Å²) in [7, 11) is 8.98. The van der Waals surface area contributed by atoms with Gasteiger partial charge in [-0.05, 0) is 36.7 Å². The number of nitrogens with zero attached hydrogens (tertiary/aromatic N) is 1. The molecular weight excluding hydrogens is 404 g/mol. The summed E-state index contributed by atoms with van der Waals surface area (Å²) < 4.78 is 22.7. The number of hydrogen-bond donors (Lipinski definition) is 1. The van der Waals surface area contributed by atoms with Crippen molar-refractivity contribution in [3.63, 3.8) is 0 Å². The summed E-state index contributed by atoms with van der Waals surface area (Å²) in [6, 6.07) is 12.4. The van der Waals surface area contributed by atoms with Crippen LogP contribution in [0.3, 0.4) is 0 Å². The van der Waals surface area contributed by atoms with Crippen LogP contribution in [0.5, 0.6) is 23.0 Å². The number of ether oxygens (including phenoxy) is 4. The number of hydrogen-bond acceptors (Lipinski definition) is 5. The van der Waals surface area contributed by atoms with E-state index in [1.165, 1.54) is 30.5 Å². The number of quaternary nitrogens is 1. The summed E-state index contributed by atoms with van der Waals surface area (Å²) >= 11 is 0. The lowest BCUT2D eigenvalue weighted by Gasteiger charge is -2.35. The predicted octanol–water partition coefficient (Wildman–Crippen LogP) is 4.68. The van der Waals surface area contributed by atoms with Crippen molar-refractivity contribution in [3.05, 3.63) is 42.0 Å². The Bertz CT molecular complexity index is 827. The second-order valence-corrected chi connectivity index (χ2v) is 8.28. The zero-order valence-electron chi connectivity index (χ0n) is 20.7. The van der Waals surface area contributed by atoms with Crippen molar-refractivity contribution in [3.8, 4) is 23.0 Å². The maximum Gasteiger partial charge on any atom is 0.166 e. The van der Waals surface area contributed by atoms with Crippen LogP contribution in [-0.2, 0) is 6.42 Å². The van der Waals surface area contributed by atoms with E-state index < -0.39 is 0 Å². The van der Waals surface area contributed by atoms with Crippen LogP contribution in [0.15, 0.2) is 36.4 Å². The molecule has 0 saturated heterocycles. The standard InChI is InChI=1S/C26H41N2O4/c1-7-8-9-15-27-16-18-28(2,22-11-13-24(30-4)26(20-22)32-6)17-14-21-10-12-23(29-3)25(19-21)31-5/h10-13,19-20,27H,7-9,14-18H2,1-6H3/q+1. The molecule has 1 N–H and O–H groups in total. The van der Waals surface area contributed by atoms with E-state index in [-0.39, 0.29) is 0 Å². The second kappa shape index (κ2) is 13.2. The molecule has 6 heteroatoms. The molecule has 1 unspecified atom stereocenters. The molecule has 0 radical (unpaired) electrons. The average Bonchev–Trinajstić information content (AvgIpc) is 2.84. The smallest absolute Gasteiger partial charge is 0.166 e. The van der Waals surface area contributed by atoms with Crippen molar-refractivity contribution < 1.29 is 18.9 Å². The minimum Gasteiger partial charge on any atom is -0.493 e. The minimum atomic E-state index is 0.750. The summed E-state index contributed by atoms with van der Waals surface area (Å²) in [4.78, 5) is 0. The van der Waals surface area contributed by atoms with E-state index in [9.17, 15) is 0 Å². The van der Waals surface area contributed by atoms with Gasteiger partial charge in [-0.15, -0.1) is 0 Å². The topological polar surface area (TPSA) is 49.0 Å². The first-order chi connectivity index (χ1) is 15.5. The van der Waals surface area contributed by atoms with Gasteiger partial charge >= 0.3 is 0 Å². The number of nitrogens with one attached hydrogen (secondary N) is 1. The summed E-state index contributed by atoms with van der Waals surface area (Å²) in [6.45, 7) is 6.19. The van der Waals surface area contributed by atoms with E-state index in [1.807, 2.05) is 12.1 Å². The van der Waals surface area contributed by atoms with Crippen LogP contribution >= 0.6 is 0 Å². The van der Waals surface area contributed by atoms with Crippen LogP contribution < -0.4 is 28.7 Å². The van der Waals surface area contributed by atoms with Gasteiger partial charge in [0.1, 0.15) is 5.69 Å². The molecule has 0 aliphatic carbocycles. The van der Waals surface area contributed by atoms with Gasteiger partial charge in [-0.1, -0.05) is 25.8 Å². The maximum absolute atomic E-state index is 5.58. The Labute approximate surface area is 194 Å². The van der Waals surface area contributed by atoms with Gasteiger partial charge in [0, 0.05) is 25.1 Å². The average molecular weight is 446 g/mol. The number of rotatable bonds is 15. The third kappa shape index (κ3) is 7.04. The van der Waals surface area contributed by atoms with Gasteiger partial charge in [0.15, 0.2) is 23.0 Å². The monoisotopic (exact) mass is 445 g/mol. The number of benzene rings is 2. The zero-order chi connectivity index (χ0) is 23.4. The zero-order valence-corrected chi connectivity index (χ0v) is 20.7. The molecule has 32 heavy (non-hydrogen) atoms. The molecule has 0 amide bonds. The number of methoxy groups -OCH3 is 4. The minimum absolute atomic E-state index is 0.750. The van der Waals surface area contributed by atoms with E-state index in [4.69, 9.17) is 18.9 Å². The molecule has 2 rings (SSSR count). The molecule has 2 aromatic rings. The van der Waals surface area contributed by atoms with Gasteiger partial charge in [0.25, 0.3) is 0 Å². The Morgan fingerprint density at radius 2 is 1.34 bits per heavy atom. The maximum atomic E-state index is 5.58. The highest BCUT2D eigenvalue weighted by Crippen LogP contribution is 2.34. The Morgan fingerprint density at radius 3 is 1.97 bits per heavy atom. The van der Waals surface area contributed by atoms with E-state index in [2.05, 4.69) is 43.6 Å². The third-order valence-corrected chi connectivity index (χ3v) is 6.07. The molecule has 178 valence electrons. The highest BCUT2D eigenvalue weighted by molar-refractivity contribution is 5.54. The Balaban J connectivity index is 2.20. The van der Waals surface area contributed by atoms with Gasteiger partial charge in [-0.25, -0.2) is 0 Å². The van der Waals surface area contributed by atoms with Gasteiger partial charge in [-0.3, -0.25) is 4.48 Å². The highest BCUT2D eigenvalue weighted by atomic mass is 16.5. The van der Waals surface area contributed by atoms with Crippen LogP contribution in [0.1, 0.15) is 31.7 Å². The van der Waals surface area contributed by atoms with Crippen molar-refractivity contribution in [2.24, 2.45) is 0 Å². The molecule has 0 aliphatic heterocycles. The van der Waals surface area contributed by atoms with Crippen molar-refractivity contribution in [1.82, 2.24) is 9.80 Å². The predicted molar refractivity (Wildman–Crippen MR) is 133 cm³/mol. The molecule has 0 fully saturated rings. The molecule has 1 atom stereocenters. The molecule has 2 aromatic carbocycles. The molecular formula is C26H41N2O4+. The van der Waals surface area contributed by atoms with E-state index in [1.54, 1.807) is 28.4 Å². The Kier molecular flexibility index (Phi) is 10.6. The van der Waals surface area contributed by atoms with Crippen molar-refractivity contribution >= 4 is 5.69 Å². The molecule has 6 nitrogen and oxygen atoms in total. The second-order valence-electron chi connectivity index (χ2n) is 8.28. The largest absolute Gasteiger partial charge is 0.493 e. The normalized spacial score (nSPS) is 12.8. The molecule has 0 aromatic heterocycles. The molecule has 0 heterocycles. The molecule has 0 aliphatic rings. The summed E-state index contributed by atoms with van der Waals surface area (Å²) in [5.41, 5.74) is 2.43. The van der Waals surface area contributed by atoms with Crippen LogP contribution in [0.4, 0.5) is 5.69 Å². The first-order valence-electron chi connectivity index (χ1n) is 11.5. The fraction of sp³-hybridized carbons (Fsp3) is 0.538. The number of unbranched alkanes of at least 4 members (excludes halogenated alkanes) is 2. The fourth-order valence-corrected chi connectivity index (χ4v) is 3.89. The first kappa shape index (κ1) is 25.8. The summed E-state index contributed by atoms with van der Waals surface area (Å²) in [5, 5.41) is 3.62. The molecule has 0 bridgehead atoms. The van der Waals surface area contributed by atoms with Crippen molar-refractivity contribution in [1.29, 1.82) is 0 Å². The van der Waals surface area contributed by atoms with Crippen LogP contribution in [0.25, 0.3) is 0 Å². The van der Waals surface area contributed by atoms with E-state index in [0.29, 0.717) is 0 Å². The Hall–Kier alpha value is -2.44. The van der Waals surface area contributed by atoms with Crippen LogP contribution in [-0.4, -0.2) is 61.7 Å². The van der Waals surface area contributed by atoms with Crippen LogP contribution in [0, 0.1) is 0 Å². The van der Waals surface area contributed by atoms with Gasteiger partial charge in [-0.2, -0.15) is 0 Å². The fourth-order valence-electron chi connectivity index (χ4n) is 3.89. The molecule has 0 spiro atoms. The number of likely N-dealkylation sites (N-methyl/N-ethyl adjacent to an activating group) is 1. The van der Waals surface area contributed by atoms with Gasteiger partial charge in [0.2, 0.25) is 0 Å². The van der Waals surface area contributed by atoms with E-state index in [0.717, 1.165) is 60.1 Å². The lowest BCUT2D eigenvalue weighted by Crippen LogP contribution is -2.50. The van der Waals surface area contributed by atoms with Crippen molar-refractivity contribution in [2.75, 3.05) is 61.7 Å². The summed E-state index contributed by atoms with van der Waals surface area (Å²) in [5.74, 6) is 3.03.